The Kier molecular flexibility index (Phi) is 4.41. The Labute approximate surface area is 123 Å². The van der Waals surface area contributed by atoms with Crippen LogP contribution in [0.25, 0.3) is 0 Å². The van der Waals surface area contributed by atoms with Crippen LogP contribution in [-0.2, 0) is 6.54 Å². The first-order valence-electron chi connectivity index (χ1n) is 5.47. The Bertz CT molecular complexity index is 652. The highest BCUT2D eigenvalue weighted by Crippen LogP contribution is 2.21. The third-order valence-corrected chi connectivity index (χ3v) is 3.49. The van der Waals surface area contributed by atoms with Crippen LogP contribution in [0.15, 0.2) is 40.9 Å². The molecule has 19 heavy (non-hydrogen) atoms. The second-order valence-corrected chi connectivity index (χ2v) is 5.17. The first-order valence-corrected chi connectivity index (χ1v) is 6.64. The van der Waals surface area contributed by atoms with Gasteiger partial charge < -0.3 is 5.32 Å². The van der Waals surface area contributed by atoms with Gasteiger partial charge in [0.2, 0.25) is 0 Å². The van der Waals surface area contributed by atoms with Crippen LogP contribution in [0.2, 0.25) is 5.02 Å². The van der Waals surface area contributed by atoms with Gasteiger partial charge in [0.05, 0.1) is 15.1 Å². The van der Waals surface area contributed by atoms with Crippen molar-refractivity contribution in [3.05, 3.63) is 62.8 Å². The average Bonchev–Trinajstić information content (AvgIpc) is 2.40. The maximum Gasteiger partial charge on any atom is 0.137 e. The first-order chi connectivity index (χ1) is 9.10. The molecule has 0 saturated heterocycles. The molecule has 0 radical (unpaired) electrons. The van der Waals surface area contributed by atoms with Crippen LogP contribution in [0.5, 0.6) is 0 Å². The van der Waals surface area contributed by atoms with Gasteiger partial charge in [0, 0.05) is 12.2 Å². The van der Waals surface area contributed by atoms with Crippen LogP contribution in [0.1, 0.15) is 11.1 Å². The van der Waals surface area contributed by atoms with Gasteiger partial charge in [-0.15, -0.1) is 0 Å². The largest absolute Gasteiger partial charge is 0.381 e. The fraction of sp³-hybridized carbons (Fsp3) is 0.0714. The number of nitrogens with one attached hydrogen (secondary N) is 1. The molecule has 0 aliphatic carbocycles. The summed E-state index contributed by atoms with van der Waals surface area (Å²) in [6.45, 7) is 0.543. The fourth-order valence-electron chi connectivity index (χ4n) is 1.57. The molecule has 1 N–H and O–H groups in total. The summed E-state index contributed by atoms with van der Waals surface area (Å²) in [5.74, 6) is -0.287. The number of nitrogens with zero attached hydrogens (tertiary/aromatic N) is 1. The van der Waals surface area contributed by atoms with Crippen LogP contribution in [0.3, 0.4) is 0 Å². The summed E-state index contributed by atoms with van der Waals surface area (Å²) >= 11 is 9.08. The number of halogens is 3. The molecule has 0 saturated carbocycles. The molecule has 0 aliphatic heterocycles. The molecule has 0 amide bonds. The van der Waals surface area contributed by atoms with E-state index in [0.29, 0.717) is 21.6 Å². The summed E-state index contributed by atoms with van der Waals surface area (Å²) in [4.78, 5) is 0. The zero-order chi connectivity index (χ0) is 13.8. The van der Waals surface area contributed by atoms with Crippen molar-refractivity contribution in [2.75, 3.05) is 5.32 Å². The van der Waals surface area contributed by atoms with E-state index in [1.54, 1.807) is 30.3 Å². The van der Waals surface area contributed by atoms with Gasteiger partial charge in [-0.05, 0) is 51.8 Å². The molecule has 0 unspecified atom stereocenters. The number of anilines is 1. The average molecular weight is 340 g/mol. The minimum atomic E-state index is -0.287. The van der Waals surface area contributed by atoms with Crippen LogP contribution in [0, 0.1) is 17.1 Å². The number of benzene rings is 2. The van der Waals surface area contributed by atoms with E-state index in [4.69, 9.17) is 16.9 Å². The van der Waals surface area contributed by atoms with Crippen molar-refractivity contribution in [3.8, 4) is 6.07 Å². The molecule has 0 spiro atoms. The van der Waals surface area contributed by atoms with Crippen LogP contribution in [-0.4, -0.2) is 0 Å². The van der Waals surface area contributed by atoms with E-state index in [1.807, 2.05) is 6.07 Å². The monoisotopic (exact) mass is 338 g/mol. The molecule has 0 heterocycles. The molecule has 5 heteroatoms. The number of nitriles is 1. The number of rotatable bonds is 3. The van der Waals surface area contributed by atoms with Gasteiger partial charge in [-0.25, -0.2) is 4.39 Å². The minimum absolute atomic E-state index is 0.287. The Morgan fingerprint density at radius 1 is 1.26 bits per heavy atom. The molecule has 2 rings (SSSR count). The minimum Gasteiger partial charge on any atom is -0.381 e. The number of hydrogen-bond acceptors (Lipinski definition) is 2. The lowest BCUT2D eigenvalue weighted by atomic mass is 10.2. The van der Waals surface area contributed by atoms with Crippen molar-refractivity contribution in [3.63, 3.8) is 0 Å². The van der Waals surface area contributed by atoms with Gasteiger partial charge in [-0.1, -0.05) is 17.7 Å². The smallest absolute Gasteiger partial charge is 0.137 e. The van der Waals surface area contributed by atoms with Crippen molar-refractivity contribution in [1.82, 2.24) is 0 Å². The highest BCUT2D eigenvalue weighted by atomic mass is 79.9. The molecule has 96 valence electrons. The molecule has 0 fully saturated rings. The standard InChI is InChI=1S/C14H9BrClFN2/c15-12-5-9(1-4-14(12)17)8-19-11-3-2-10(7-18)13(16)6-11/h1-6,19H,8H2. The Morgan fingerprint density at radius 2 is 2.05 bits per heavy atom. The van der Waals surface area contributed by atoms with E-state index in [2.05, 4.69) is 21.2 Å². The first kappa shape index (κ1) is 13.9. The molecule has 0 bridgehead atoms. The molecule has 2 aromatic carbocycles. The Hall–Kier alpha value is -1.57. The van der Waals surface area contributed by atoms with Crippen LogP contribution >= 0.6 is 27.5 Å². The van der Waals surface area contributed by atoms with Gasteiger partial charge in [-0.3, -0.25) is 0 Å². The fourth-order valence-corrected chi connectivity index (χ4v) is 2.22. The van der Waals surface area contributed by atoms with Crippen molar-refractivity contribution < 1.29 is 4.39 Å². The molecule has 0 aliphatic rings. The van der Waals surface area contributed by atoms with E-state index >= 15 is 0 Å². The second-order valence-electron chi connectivity index (χ2n) is 3.91. The van der Waals surface area contributed by atoms with Crippen LogP contribution in [0.4, 0.5) is 10.1 Å². The lowest BCUT2D eigenvalue weighted by Crippen LogP contribution is -2.00. The van der Waals surface area contributed by atoms with E-state index in [-0.39, 0.29) is 5.82 Å². The lowest BCUT2D eigenvalue weighted by Gasteiger charge is -2.08. The van der Waals surface area contributed by atoms with E-state index < -0.39 is 0 Å². The molecular formula is C14H9BrClFN2. The SMILES string of the molecule is N#Cc1ccc(NCc2ccc(F)c(Br)c2)cc1Cl. The summed E-state index contributed by atoms with van der Waals surface area (Å²) in [5, 5.41) is 12.4. The maximum absolute atomic E-state index is 13.1. The van der Waals surface area contributed by atoms with E-state index in [1.165, 1.54) is 6.07 Å². The molecular weight excluding hydrogens is 331 g/mol. The van der Waals surface area contributed by atoms with Gasteiger partial charge >= 0.3 is 0 Å². The summed E-state index contributed by atoms with van der Waals surface area (Å²) in [6, 6.07) is 12.0. The maximum atomic E-state index is 13.1. The highest BCUT2D eigenvalue weighted by molar-refractivity contribution is 9.10. The zero-order valence-electron chi connectivity index (χ0n) is 9.75. The lowest BCUT2D eigenvalue weighted by molar-refractivity contribution is 0.620. The quantitative estimate of drug-likeness (QED) is 0.878. The van der Waals surface area contributed by atoms with Gasteiger partial charge in [0.25, 0.3) is 0 Å². The summed E-state index contributed by atoms with van der Waals surface area (Å²) in [5.41, 5.74) is 2.19. The van der Waals surface area contributed by atoms with Crippen molar-refractivity contribution in [2.24, 2.45) is 0 Å². The van der Waals surface area contributed by atoms with Gasteiger partial charge in [-0.2, -0.15) is 5.26 Å². The third-order valence-electron chi connectivity index (χ3n) is 2.57. The molecule has 0 atom stereocenters. The Balaban J connectivity index is 2.08. The van der Waals surface area contributed by atoms with Gasteiger partial charge in [0.15, 0.2) is 0 Å². The highest BCUT2D eigenvalue weighted by Gasteiger charge is 2.03. The molecule has 2 aromatic rings. The normalized spacial score (nSPS) is 10.0. The van der Waals surface area contributed by atoms with Crippen molar-refractivity contribution in [2.45, 2.75) is 6.54 Å². The van der Waals surface area contributed by atoms with Crippen molar-refractivity contribution in [1.29, 1.82) is 5.26 Å². The van der Waals surface area contributed by atoms with E-state index in [0.717, 1.165) is 11.3 Å². The second kappa shape index (κ2) is 6.05. The summed E-state index contributed by atoms with van der Waals surface area (Å²) < 4.78 is 13.5. The van der Waals surface area contributed by atoms with Crippen LogP contribution < -0.4 is 5.32 Å². The van der Waals surface area contributed by atoms with Gasteiger partial charge in [0.1, 0.15) is 11.9 Å². The Morgan fingerprint density at radius 3 is 2.68 bits per heavy atom. The summed E-state index contributed by atoms with van der Waals surface area (Å²) in [6.07, 6.45) is 0. The summed E-state index contributed by atoms with van der Waals surface area (Å²) in [7, 11) is 0. The predicted octanol–water partition coefficient (Wildman–Crippen LogP) is 4.73. The molecule has 2 nitrogen and oxygen atoms in total. The topological polar surface area (TPSA) is 35.8 Å². The van der Waals surface area contributed by atoms with E-state index in [9.17, 15) is 4.39 Å². The molecule has 0 aromatic heterocycles. The number of hydrogen-bond donors (Lipinski definition) is 1. The third kappa shape index (κ3) is 3.46. The zero-order valence-corrected chi connectivity index (χ0v) is 12.1. The van der Waals surface area contributed by atoms with Crippen molar-refractivity contribution >= 4 is 33.2 Å². The predicted molar refractivity (Wildman–Crippen MR) is 77.6 cm³/mol.